The molecule has 0 saturated heterocycles. The number of rotatable bonds is 3. The van der Waals surface area contributed by atoms with Crippen LogP contribution in [0.5, 0.6) is 0 Å². The van der Waals surface area contributed by atoms with E-state index in [1.165, 1.54) is 0 Å². The lowest BCUT2D eigenvalue weighted by molar-refractivity contribution is 0.102. The van der Waals surface area contributed by atoms with Crippen molar-refractivity contribution in [2.75, 3.05) is 5.32 Å². The summed E-state index contributed by atoms with van der Waals surface area (Å²) in [5.41, 5.74) is 7.19. The van der Waals surface area contributed by atoms with Crippen molar-refractivity contribution in [3.63, 3.8) is 0 Å². The molecule has 2 aromatic rings. The first-order valence-corrected chi connectivity index (χ1v) is 6.68. The molecule has 19 heavy (non-hydrogen) atoms. The van der Waals surface area contributed by atoms with Gasteiger partial charge in [0.25, 0.3) is 5.91 Å². The van der Waals surface area contributed by atoms with Crippen LogP contribution in [0.15, 0.2) is 41.0 Å². The van der Waals surface area contributed by atoms with Gasteiger partial charge in [0.05, 0.1) is 16.4 Å². The number of hydrogen-bond donors (Lipinski definition) is 2. The fraction of sp³-hybridized carbons (Fsp3) is 0.0769. The van der Waals surface area contributed by atoms with Crippen molar-refractivity contribution in [3.05, 3.63) is 57.3 Å². The molecule has 98 valence electrons. The van der Waals surface area contributed by atoms with Gasteiger partial charge in [0.15, 0.2) is 0 Å². The Morgan fingerprint density at radius 1 is 1.37 bits per heavy atom. The molecular weight excluding hydrogens is 330 g/mol. The number of aromatic nitrogens is 1. The number of nitrogens with one attached hydrogen (secondary N) is 1. The van der Waals surface area contributed by atoms with Gasteiger partial charge in [0.1, 0.15) is 0 Å². The Labute approximate surface area is 124 Å². The third kappa shape index (κ3) is 3.53. The van der Waals surface area contributed by atoms with Crippen LogP contribution in [0.1, 0.15) is 16.1 Å². The molecule has 0 aliphatic rings. The molecule has 0 saturated carbocycles. The number of hydrogen-bond acceptors (Lipinski definition) is 3. The summed E-state index contributed by atoms with van der Waals surface area (Å²) < 4.78 is 0.838. The van der Waals surface area contributed by atoms with Crippen molar-refractivity contribution in [3.8, 4) is 0 Å². The van der Waals surface area contributed by atoms with Gasteiger partial charge in [-0.15, -0.1) is 0 Å². The summed E-state index contributed by atoms with van der Waals surface area (Å²) in [5.74, 6) is -0.253. The van der Waals surface area contributed by atoms with Crippen molar-refractivity contribution in [2.24, 2.45) is 5.73 Å². The highest BCUT2D eigenvalue weighted by atomic mass is 79.9. The average Bonchev–Trinajstić information content (AvgIpc) is 2.43. The van der Waals surface area contributed by atoms with E-state index < -0.39 is 0 Å². The molecule has 4 nitrogen and oxygen atoms in total. The Morgan fingerprint density at radius 3 is 2.89 bits per heavy atom. The van der Waals surface area contributed by atoms with Crippen LogP contribution in [0.3, 0.4) is 0 Å². The molecule has 0 spiro atoms. The SMILES string of the molecule is NCc1cc(C(=O)Nc2cc(Br)ccc2Cl)ccn1. The molecule has 3 N–H and O–H groups in total. The van der Waals surface area contributed by atoms with Crippen molar-refractivity contribution >= 4 is 39.1 Å². The first kappa shape index (κ1) is 14.0. The summed E-state index contributed by atoms with van der Waals surface area (Å²) >= 11 is 9.35. The van der Waals surface area contributed by atoms with Crippen LogP contribution in [-0.4, -0.2) is 10.9 Å². The molecule has 0 unspecified atom stereocenters. The van der Waals surface area contributed by atoms with Crippen LogP contribution >= 0.6 is 27.5 Å². The third-order valence-corrected chi connectivity index (χ3v) is 3.29. The molecule has 0 aliphatic carbocycles. The van der Waals surface area contributed by atoms with Crippen LogP contribution in [0, 0.1) is 0 Å². The average molecular weight is 341 g/mol. The Morgan fingerprint density at radius 2 is 2.16 bits per heavy atom. The monoisotopic (exact) mass is 339 g/mol. The fourth-order valence-electron chi connectivity index (χ4n) is 1.52. The lowest BCUT2D eigenvalue weighted by Crippen LogP contribution is -2.13. The molecule has 2 rings (SSSR count). The number of pyridine rings is 1. The summed E-state index contributed by atoms with van der Waals surface area (Å²) in [6, 6.07) is 8.53. The Bertz CT molecular complexity index is 619. The van der Waals surface area contributed by atoms with Gasteiger partial charge in [0, 0.05) is 22.8 Å². The number of anilines is 1. The summed E-state index contributed by atoms with van der Waals surface area (Å²) in [7, 11) is 0. The zero-order valence-corrected chi connectivity index (χ0v) is 12.2. The lowest BCUT2D eigenvalue weighted by atomic mass is 10.2. The highest BCUT2D eigenvalue weighted by Crippen LogP contribution is 2.26. The molecule has 1 amide bonds. The topological polar surface area (TPSA) is 68.0 Å². The van der Waals surface area contributed by atoms with Crippen LogP contribution in [0.2, 0.25) is 5.02 Å². The quantitative estimate of drug-likeness (QED) is 0.901. The molecule has 1 aromatic heterocycles. The van der Waals surface area contributed by atoms with E-state index in [2.05, 4.69) is 26.2 Å². The number of carbonyl (C=O) groups is 1. The maximum Gasteiger partial charge on any atom is 0.255 e. The van der Waals surface area contributed by atoms with Crippen LogP contribution in [0.4, 0.5) is 5.69 Å². The zero-order valence-electron chi connectivity index (χ0n) is 9.86. The van der Waals surface area contributed by atoms with Gasteiger partial charge >= 0.3 is 0 Å². The Balaban J connectivity index is 2.22. The normalized spacial score (nSPS) is 10.3. The highest BCUT2D eigenvalue weighted by molar-refractivity contribution is 9.10. The maximum absolute atomic E-state index is 12.1. The van der Waals surface area contributed by atoms with Gasteiger partial charge in [-0.3, -0.25) is 9.78 Å². The van der Waals surface area contributed by atoms with Gasteiger partial charge in [0.2, 0.25) is 0 Å². The molecule has 6 heteroatoms. The molecule has 1 aromatic carbocycles. The zero-order chi connectivity index (χ0) is 13.8. The van der Waals surface area contributed by atoms with Gasteiger partial charge in [-0.2, -0.15) is 0 Å². The van der Waals surface area contributed by atoms with Crippen molar-refractivity contribution in [1.29, 1.82) is 0 Å². The second-order valence-corrected chi connectivity index (χ2v) is 5.14. The van der Waals surface area contributed by atoms with E-state index in [0.29, 0.717) is 28.5 Å². The van der Waals surface area contributed by atoms with Gasteiger partial charge in [-0.25, -0.2) is 0 Å². The molecule has 0 radical (unpaired) electrons. The minimum atomic E-state index is -0.253. The Kier molecular flexibility index (Phi) is 4.52. The van der Waals surface area contributed by atoms with E-state index in [4.69, 9.17) is 17.3 Å². The van der Waals surface area contributed by atoms with Crippen molar-refractivity contribution in [1.82, 2.24) is 4.98 Å². The molecule has 0 fully saturated rings. The predicted molar refractivity (Wildman–Crippen MR) is 79.2 cm³/mol. The largest absolute Gasteiger partial charge is 0.325 e. The van der Waals surface area contributed by atoms with E-state index in [1.54, 1.807) is 36.5 Å². The van der Waals surface area contributed by atoms with Crippen LogP contribution < -0.4 is 11.1 Å². The first-order valence-electron chi connectivity index (χ1n) is 5.51. The number of benzene rings is 1. The molecule has 0 bridgehead atoms. The molecule has 0 atom stereocenters. The number of amides is 1. The maximum atomic E-state index is 12.1. The number of halogens is 2. The number of nitrogens with zero attached hydrogens (tertiary/aromatic N) is 1. The number of carbonyl (C=O) groups excluding carboxylic acids is 1. The minimum absolute atomic E-state index is 0.253. The Hall–Kier alpha value is -1.43. The highest BCUT2D eigenvalue weighted by Gasteiger charge is 2.09. The summed E-state index contributed by atoms with van der Waals surface area (Å²) in [6.45, 7) is 0.290. The summed E-state index contributed by atoms with van der Waals surface area (Å²) in [6.07, 6.45) is 1.56. The van der Waals surface area contributed by atoms with E-state index in [1.807, 2.05) is 0 Å². The standard InChI is InChI=1S/C13H11BrClN3O/c14-9-1-2-11(15)12(6-9)18-13(19)8-3-4-17-10(5-8)7-16/h1-6H,7,16H2,(H,18,19). The van der Waals surface area contributed by atoms with Gasteiger partial charge in [-0.05, 0) is 30.3 Å². The van der Waals surface area contributed by atoms with Gasteiger partial charge in [-0.1, -0.05) is 27.5 Å². The van der Waals surface area contributed by atoms with Crippen LogP contribution in [-0.2, 0) is 6.54 Å². The van der Waals surface area contributed by atoms with E-state index in [-0.39, 0.29) is 5.91 Å². The van der Waals surface area contributed by atoms with E-state index in [9.17, 15) is 4.79 Å². The fourth-order valence-corrected chi connectivity index (χ4v) is 2.04. The second kappa shape index (κ2) is 6.14. The minimum Gasteiger partial charge on any atom is -0.325 e. The van der Waals surface area contributed by atoms with Crippen LogP contribution in [0.25, 0.3) is 0 Å². The second-order valence-electron chi connectivity index (χ2n) is 3.82. The number of nitrogens with two attached hydrogens (primary N) is 1. The molecule has 1 heterocycles. The van der Waals surface area contributed by atoms with Crippen molar-refractivity contribution < 1.29 is 4.79 Å². The van der Waals surface area contributed by atoms with E-state index in [0.717, 1.165) is 4.47 Å². The summed E-state index contributed by atoms with van der Waals surface area (Å²) in [5, 5.41) is 3.23. The molecule has 0 aliphatic heterocycles. The van der Waals surface area contributed by atoms with E-state index >= 15 is 0 Å². The summed E-state index contributed by atoms with van der Waals surface area (Å²) in [4.78, 5) is 16.1. The van der Waals surface area contributed by atoms with Gasteiger partial charge < -0.3 is 11.1 Å². The lowest BCUT2D eigenvalue weighted by Gasteiger charge is -2.08. The third-order valence-electron chi connectivity index (χ3n) is 2.46. The smallest absolute Gasteiger partial charge is 0.255 e. The first-order chi connectivity index (χ1) is 9.10. The molecular formula is C13H11BrClN3O. The predicted octanol–water partition coefficient (Wildman–Crippen LogP) is 3.21. The van der Waals surface area contributed by atoms with Crippen molar-refractivity contribution in [2.45, 2.75) is 6.54 Å².